The van der Waals surface area contributed by atoms with E-state index in [4.69, 9.17) is 5.11 Å². The zero-order chi connectivity index (χ0) is 5.11. The highest BCUT2D eigenvalue weighted by Gasteiger charge is 1.91. The zero-order valence-electron chi connectivity index (χ0n) is 4.09. The van der Waals surface area contributed by atoms with E-state index in [1.165, 1.54) is 0 Å². The molecule has 0 saturated heterocycles. The summed E-state index contributed by atoms with van der Waals surface area (Å²) in [5, 5.41) is 8.72. The molecule has 0 amide bonds. The van der Waals surface area contributed by atoms with Gasteiger partial charge in [0.1, 0.15) is 0 Å². The Balaban J connectivity index is 2.57. The van der Waals surface area contributed by atoms with Crippen LogP contribution >= 0.6 is 0 Å². The van der Waals surface area contributed by atoms with Gasteiger partial charge in [-0.15, -0.1) is 0 Å². The highest BCUT2D eigenvalue weighted by atomic mass is 16.3. The monoisotopic (exact) mass is 96.1 g/mol. The quantitative estimate of drug-likeness (QED) is 0.487. The van der Waals surface area contributed by atoms with Gasteiger partial charge in [-0.3, -0.25) is 0 Å². The van der Waals surface area contributed by atoms with Crippen molar-refractivity contribution in [2.45, 2.75) is 12.8 Å². The Labute approximate surface area is 43.0 Å². The fourth-order valence-corrected chi connectivity index (χ4v) is 0.590. The van der Waals surface area contributed by atoms with E-state index in [0.717, 1.165) is 12.8 Å². The van der Waals surface area contributed by atoms with Crippen molar-refractivity contribution in [2.24, 2.45) is 0 Å². The smallest absolute Gasteiger partial charge is 0.0925 e. The minimum Gasteiger partial charge on any atom is -0.512 e. The Morgan fingerprint density at radius 1 is 1.57 bits per heavy atom. The molecule has 1 aliphatic rings. The molecule has 0 aromatic rings. The average molecular weight is 96.1 g/mol. The topological polar surface area (TPSA) is 20.2 Å². The van der Waals surface area contributed by atoms with Crippen molar-refractivity contribution in [3.8, 4) is 0 Å². The third-order valence-electron chi connectivity index (χ3n) is 0.992. The Morgan fingerprint density at radius 2 is 2.43 bits per heavy atom. The zero-order valence-corrected chi connectivity index (χ0v) is 4.09. The number of hydrogen-bond acceptors (Lipinski definition) is 1. The van der Waals surface area contributed by atoms with Gasteiger partial charge in [-0.05, 0) is 12.5 Å². The third kappa shape index (κ3) is 1.07. The van der Waals surface area contributed by atoms with Crippen LogP contribution in [-0.2, 0) is 0 Å². The van der Waals surface area contributed by atoms with E-state index in [-0.39, 0.29) is 0 Å². The fraction of sp³-hybridized carbons (Fsp3) is 0.333. The third-order valence-corrected chi connectivity index (χ3v) is 0.992. The molecule has 1 rings (SSSR count). The van der Waals surface area contributed by atoms with Gasteiger partial charge in [0.25, 0.3) is 0 Å². The van der Waals surface area contributed by atoms with Crippen LogP contribution in [0.3, 0.4) is 0 Å². The summed E-state index contributed by atoms with van der Waals surface area (Å²) in [5.74, 6) is 0.502. The summed E-state index contributed by atoms with van der Waals surface area (Å²) in [4.78, 5) is 0. The molecule has 0 aliphatic heterocycles. The second kappa shape index (κ2) is 1.82. The number of aliphatic hydroxyl groups excluding tert-OH is 1. The van der Waals surface area contributed by atoms with Crippen LogP contribution in [0.25, 0.3) is 0 Å². The second-order valence-electron chi connectivity index (χ2n) is 1.62. The highest BCUT2D eigenvalue weighted by molar-refractivity contribution is 5.11. The normalized spacial score (nSPS) is 19.1. The van der Waals surface area contributed by atoms with Crippen LogP contribution in [0.4, 0.5) is 0 Å². The van der Waals surface area contributed by atoms with Gasteiger partial charge >= 0.3 is 0 Å². The second-order valence-corrected chi connectivity index (χ2v) is 1.62. The van der Waals surface area contributed by atoms with Crippen LogP contribution in [0.15, 0.2) is 24.0 Å². The van der Waals surface area contributed by atoms with Gasteiger partial charge in [0.05, 0.1) is 5.76 Å². The fourth-order valence-electron chi connectivity index (χ4n) is 0.590. The van der Waals surface area contributed by atoms with E-state index in [1.54, 1.807) is 6.08 Å². The van der Waals surface area contributed by atoms with Crippen molar-refractivity contribution in [3.05, 3.63) is 24.0 Å². The first-order valence-corrected chi connectivity index (χ1v) is 2.44. The lowest BCUT2D eigenvalue weighted by molar-refractivity contribution is 0.387. The van der Waals surface area contributed by atoms with Crippen molar-refractivity contribution in [1.82, 2.24) is 0 Å². The van der Waals surface area contributed by atoms with Crippen molar-refractivity contribution >= 4 is 0 Å². The maximum absolute atomic E-state index is 8.72. The molecular weight excluding hydrogens is 88.1 g/mol. The molecule has 0 aromatic carbocycles. The lowest BCUT2D eigenvalue weighted by Crippen LogP contribution is -1.82. The van der Waals surface area contributed by atoms with Crippen LogP contribution in [0.1, 0.15) is 12.8 Å². The molecule has 7 heavy (non-hydrogen) atoms. The highest BCUT2D eigenvalue weighted by Crippen LogP contribution is 2.06. The van der Waals surface area contributed by atoms with Crippen molar-refractivity contribution in [1.29, 1.82) is 0 Å². The van der Waals surface area contributed by atoms with Gasteiger partial charge in [-0.1, -0.05) is 12.2 Å². The summed E-state index contributed by atoms with van der Waals surface area (Å²) in [6.07, 6.45) is 7.45. The average Bonchev–Trinajstić information content (AvgIpc) is 1.69. The van der Waals surface area contributed by atoms with E-state index in [9.17, 15) is 0 Å². The number of aliphatic hydroxyl groups is 1. The minimum absolute atomic E-state index is 0.502. The van der Waals surface area contributed by atoms with Gasteiger partial charge < -0.3 is 5.11 Å². The molecule has 1 aliphatic carbocycles. The van der Waals surface area contributed by atoms with E-state index in [0.29, 0.717) is 5.76 Å². The molecule has 0 fully saturated rings. The summed E-state index contributed by atoms with van der Waals surface area (Å²) in [6.45, 7) is 0. The predicted octanol–water partition coefficient (Wildman–Crippen LogP) is 1.78. The van der Waals surface area contributed by atoms with Crippen LogP contribution in [0.5, 0.6) is 0 Å². The number of rotatable bonds is 0. The molecule has 1 heteroatoms. The Morgan fingerprint density at radius 3 is 2.71 bits per heavy atom. The van der Waals surface area contributed by atoms with Crippen molar-refractivity contribution in [2.75, 3.05) is 0 Å². The molecule has 0 saturated carbocycles. The molecule has 1 N–H and O–H groups in total. The summed E-state index contributed by atoms with van der Waals surface area (Å²) in [5.41, 5.74) is 0. The first kappa shape index (κ1) is 4.44. The van der Waals surface area contributed by atoms with E-state index < -0.39 is 0 Å². The van der Waals surface area contributed by atoms with Gasteiger partial charge in [0, 0.05) is 6.42 Å². The summed E-state index contributed by atoms with van der Waals surface area (Å²) in [6, 6.07) is 0. The number of hydrogen-bond donors (Lipinski definition) is 1. The Kier molecular flexibility index (Phi) is 1.16. The first-order chi connectivity index (χ1) is 3.39. The minimum atomic E-state index is 0.502. The molecule has 1 nitrogen and oxygen atoms in total. The largest absolute Gasteiger partial charge is 0.512 e. The number of allylic oxidation sites excluding steroid dienone is 4. The summed E-state index contributed by atoms with van der Waals surface area (Å²) >= 11 is 0. The lowest BCUT2D eigenvalue weighted by Gasteiger charge is -1.97. The molecule has 0 spiro atoms. The van der Waals surface area contributed by atoms with Gasteiger partial charge in [0.2, 0.25) is 0 Å². The van der Waals surface area contributed by atoms with Crippen LogP contribution in [0.2, 0.25) is 0 Å². The Hall–Kier alpha value is -0.720. The van der Waals surface area contributed by atoms with Gasteiger partial charge in [0.15, 0.2) is 0 Å². The van der Waals surface area contributed by atoms with Crippen molar-refractivity contribution in [3.63, 3.8) is 0 Å². The van der Waals surface area contributed by atoms with Crippen molar-refractivity contribution < 1.29 is 5.11 Å². The molecule has 0 heterocycles. The van der Waals surface area contributed by atoms with Crippen LogP contribution in [-0.4, -0.2) is 5.11 Å². The molecule has 0 atom stereocenters. The SMILES string of the molecule is OC1=CC=CCC1. The van der Waals surface area contributed by atoms with Crippen LogP contribution in [0, 0.1) is 0 Å². The molecule has 0 unspecified atom stereocenters. The van der Waals surface area contributed by atoms with Crippen LogP contribution < -0.4 is 0 Å². The van der Waals surface area contributed by atoms with Gasteiger partial charge in [-0.25, -0.2) is 0 Å². The summed E-state index contributed by atoms with van der Waals surface area (Å²) in [7, 11) is 0. The summed E-state index contributed by atoms with van der Waals surface area (Å²) < 4.78 is 0. The van der Waals surface area contributed by atoms with Gasteiger partial charge in [-0.2, -0.15) is 0 Å². The molecule has 0 aromatic heterocycles. The predicted molar refractivity (Wildman–Crippen MR) is 29.1 cm³/mol. The van der Waals surface area contributed by atoms with E-state index in [2.05, 4.69) is 0 Å². The first-order valence-electron chi connectivity index (χ1n) is 2.44. The maximum atomic E-state index is 8.72. The Bertz CT molecular complexity index is 111. The van der Waals surface area contributed by atoms with E-state index >= 15 is 0 Å². The molecule has 0 radical (unpaired) electrons. The van der Waals surface area contributed by atoms with E-state index in [1.807, 2.05) is 12.2 Å². The lowest BCUT2D eigenvalue weighted by atomic mass is 10.2. The maximum Gasteiger partial charge on any atom is 0.0925 e. The standard InChI is InChI=1S/C6H8O/c7-6-4-2-1-3-5-6/h1-2,4,7H,3,5H2. The molecule has 0 bridgehead atoms. The molecule has 38 valence electrons. The molecular formula is C6H8O.